The Kier molecular flexibility index (Phi) is 4.13. The van der Waals surface area contributed by atoms with Gasteiger partial charge in [-0.2, -0.15) is 0 Å². The van der Waals surface area contributed by atoms with Gasteiger partial charge in [-0.1, -0.05) is 12.1 Å². The Morgan fingerprint density at radius 1 is 1.41 bits per heavy atom. The molecule has 1 N–H and O–H groups in total. The minimum atomic E-state index is -0.187. The highest BCUT2D eigenvalue weighted by atomic mass is 19.1. The summed E-state index contributed by atoms with van der Waals surface area (Å²) in [6.07, 6.45) is 2.25. The topological polar surface area (TPSA) is 23.5 Å². The first-order valence-electron chi connectivity index (χ1n) is 6.31. The van der Waals surface area contributed by atoms with Crippen LogP contribution < -0.4 is 0 Å². The summed E-state index contributed by atoms with van der Waals surface area (Å²) >= 11 is 0. The summed E-state index contributed by atoms with van der Waals surface area (Å²) in [5, 5.41) is 9.22. The van der Waals surface area contributed by atoms with Crippen LogP contribution in [0.2, 0.25) is 0 Å². The van der Waals surface area contributed by atoms with Crippen molar-refractivity contribution in [2.24, 2.45) is 5.92 Å². The minimum Gasteiger partial charge on any atom is -0.396 e. The number of halogens is 1. The highest BCUT2D eigenvalue weighted by molar-refractivity contribution is 5.19. The molecule has 0 aromatic heterocycles. The van der Waals surface area contributed by atoms with Crippen molar-refractivity contribution >= 4 is 0 Å². The summed E-state index contributed by atoms with van der Waals surface area (Å²) in [6, 6.07) is 7.02. The number of aliphatic hydroxyl groups excluding tert-OH is 1. The molecule has 2 rings (SSSR count). The fraction of sp³-hybridized carbons (Fsp3) is 0.571. The number of likely N-dealkylation sites (tertiary alicyclic amines) is 1. The van der Waals surface area contributed by atoms with Gasteiger partial charge in [-0.25, -0.2) is 4.39 Å². The summed E-state index contributed by atoms with van der Waals surface area (Å²) < 4.78 is 12.9. The van der Waals surface area contributed by atoms with Crippen LogP contribution in [0.15, 0.2) is 24.3 Å². The number of aliphatic hydroxyl groups is 1. The highest BCUT2D eigenvalue weighted by Gasteiger charge is 2.23. The molecule has 1 aliphatic heterocycles. The first-order chi connectivity index (χ1) is 8.20. The van der Waals surface area contributed by atoms with Gasteiger partial charge in [0.1, 0.15) is 5.82 Å². The van der Waals surface area contributed by atoms with Crippen molar-refractivity contribution in [3.05, 3.63) is 35.6 Å². The normalized spacial score (nSPS) is 23.6. The highest BCUT2D eigenvalue weighted by Crippen LogP contribution is 2.26. The molecule has 1 heterocycles. The van der Waals surface area contributed by atoms with Crippen molar-refractivity contribution in [1.82, 2.24) is 4.90 Å². The maximum atomic E-state index is 12.9. The van der Waals surface area contributed by atoms with Gasteiger partial charge in [-0.05, 0) is 49.9 Å². The van der Waals surface area contributed by atoms with E-state index in [4.69, 9.17) is 0 Å². The standard InChI is InChI=1S/C14H20FNO/c1-11(13-4-6-14(15)7-5-13)16-8-2-3-12(9-16)10-17/h4-7,11-12,17H,2-3,8-10H2,1H3. The molecule has 2 nitrogen and oxygen atoms in total. The van der Waals surface area contributed by atoms with Crippen molar-refractivity contribution < 1.29 is 9.50 Å². The van der Waals surface area contributed by atoms with Gasteiger partial charge < -0.3 is 5.11 Å². The van der Waals surface area contributed by atoms with E-state index in [1.54, 1.807) is 0 Å². The van der Waals surface area contributed by atoms with E-state index in [2.05, 4.69) is 11.8 Å². The fourth-order valence-electron chi connectivity index (χ4n) is 2.55. The van der Waals surface area contributed by atoms with E-state index < -0.39 is 0 Å². The van der Waals surface area contributed by atoms with Crippen LogP contribution in [0, 0.1) is 11.7 Å². The molecule has 0 bridgehead atoms. The van der Waals surface area contributed by atoms with Gasteiger partial charge in [0.2, 0.25) is 0 Å². The Morgan fingerprint density at radius 2 is 2.12 bits per heavy atom. The molecular formula is C14H20FNO. The van der Waals surface area contributed by atoms with Gasteiger partial charge in [0.15, 0.2) is 0 Å². The lowest BCUT2D eigenvalue weighted by molar-refractivity contribution is 0.0935. The van der Waals surface area contributed by atoms with E-state index in [9.17, 15) is 9.50 Å². The zero-order valence-electron chi connectivity index (χ0n) is 10.3. The van der Waals surface area contributed by atoms with Gasteiger partial charge in [0.05, 0.1) is 0 Å². The molecule has 0 spiro atoms. The van der Waals surface area contributed by atoms with Crippen molar-refractivity contribution in [2.45, 2.75) is 25.8 Å². The first-order valence-corrected chi connectivity index (χ1v) is 6.31. The van der Waals surface area contributed by atoms with Crippen molar-refractivity contribution in [2.75, 3.05) is 19.7 Å². The predicted octanol–water partition coefficient (Wildman–Crippen LogP) is 2.59. The van der Waals surface area contributed by atoms with Crippen molar-refractivity contribution in [1.29, 1.82) is 0 Å². The van der Waals surface area contributed by atoms with Crippen LogP contribution in [0.3, 0.4) is 0 Å². The third-order valence-corrected chi connectivity index (χ3v) is 3.71. The molecule has 0 saturated carbocycles. The van der Waals surface area contributed by atoms with Crippen LogP contribution in [0.25, 0.3) is 0 Å². The summed E-state index contributed by atoms with van der Waals surface area (Å²) in [7, 11) is 0. The van der Waals surface area contributed by atoms with E-state index in [-0.39, 0.29) is 12.4 Å². The average Bonchev–Trinajstić information content (AvgIpc) is 2.39. The average molecular weight is 237 g/mol. The zero-order valence-corrected chi connectivity index (χ0v) is 10.3. The molecule has 1 aromatic rings. The molecule has 1 fully saturated rings. The van der Waals surface area contributed by atoms with E-state index in [1.165, 1.54) is 12.1 Å². The molecule has 0 amide bonds. The minimum absolute atomic E-state index is 0.187. The van der Waals surface area contributed by atoms with Crippen LogP contribution in [0.5, 0.6) is 0 Å². The number of benzene rings is 1. The van der Waals surface area contributed by atoms with Gasteiger partial charge in [-0.3, -0.25) is 4.90 Å². The maximum Gasteiger partial charge on any atom is 0.123 e. The second kappa shape index (κ2) is 5.61. The largest absolute Gasteiger partial charge is 0.396 e. The second-order valence-corrected chi connectivity index (χ2v) is 4.91. The molecule has 94 valence electrons. The number of rotatable bonds is 3. The molecule has 1 aliphatic rings. The van der Waals surface area contributed by atoms with E-state index in [0.717, 1.165) is 31.5 Å². The lowest BCUT2D eigenvalue weighted by Crippen LogP contribution is -2.38. The van der Waals surface area contributed by atoms with Gasteiger partial charge in [0, 0.05) is 19.2 Å². The van der Waals surface area contributed by atoms with Gasteiger partial charge >= 0.3 is 0 Å². The first kappa shape index (κ1) is 12.5. The van der Waals surface area contributed by atoms with Gasteiger partial charge in [0.25, 0.3) is 0 Å². The summed E-state index contributed by atoms with van der Waals surface area (Å²) in [5.41, 5.74) is 1.14. The second-order valence-electron chi connectivity index (χ2n) is 4.91. The van der Waals surface area contributed by atoms with Crippen LogP contribution in [-0.2, 0) is 0 Å². The SMILES string of the molecule is CC(c1ccc(F)cc1)N1CCCC(CO)C1. The van der Waals surface area contributed by atoms with Gasteiger partial charge in [-0.15, -0.1) is 0 Å². The third kappa shape index (κ3) is 3.05. The summed E-state index contributed by atoms with van der Waals surface area (Å²) in [6.45, 7) is 4.42. The fourth-order valence-corrected chi connectivity index (χ4v) is 2.55. The number of nitrogens with zero attached hydrogens (tertiary/aromatic N) is 1. The van der Waals surface area contributed by atoms with Crippen molar-refractivity contribution in [3.8, 4) is 0 Å². The van der Waals surface area contributed by atoms with Crippen LogP contribution >= 0.6 is 0 Å². The predicted molar refractivity (Wildman–Crippen MR) is 66.2 cm³/mol. The smallest absolute Gasteiger partial charge is 0.123 e. The lowest BCUT2D eigenvalue weighted by Gasteiger charge is -2.36. The monoisotopic (exact) mass is 237 g/mol. The Hall–Kier alpha value is -0.930. The Morgan fingerprint density at radius 3 is 2.76 bits per heavy atom. The molecule has 17 heavy (non-hydrogen) atoms. The number of hydrogen-bond donors (Lipinski definition) is 1. The molecule has 0 aliphatic carbocycles. The summed E-state index contributed by atoms with van der Waals surface area (Å²) in [4.78, 5) is 2.37. The Balaban J connectivity index is 2.03. The van der Waals surface area contributed by atoms with Crippen LogP contribution in [0.4, 0.5) is 4.39 Å². The van der Waals surface area contributed by atoms with Crippen molar-refractivity contribution in [3.63, 3.8) is 0 Å². The van der Waals surface area contributed by atoms with Crippen LogP contribution in [-0.4, -0.2) is 29.7 Å². The Bertz CT molecular complexity index is 352. The number of piperidine rings is 1. The molecule has 3 heteroatoms. The molecule has 1 aromatic carbocycles. The maximum absolute atomic E-state index is 12.9. The molecular weight excluding hydrogens is 217 g/mol. The van der Waals surface area contributed by atoms with E-state index in [1.807, 2.05) is 12.1 Å². The lowest BCUT2D eigenvalue weighted by atomic mass is 9.96. The third-order valence-electron chi connectivity index (χ3n) is 3.71. The number of hydrogen-bond acceptors (Lipinski definition) is 2. The van der Waals surface area contributed by atoms with Crippen LogP contribution in [0.1, 0.15) is 31.4 Å². The molecule has 1 saturated heterocycles. The van der Waals surface area contributed by atoms with E-state index >= 15 is 0 Å². The molecule has 0 radical (unpaired) electrons. The molecule has 2 atom stereocenters. The Labute approximate surface area is 102 Å². The summed E-state index contributed by atoms with van der Waals surface area (Å²) in [5.74, 6) is 0.208. The quantitative estimate of drug-likeness (QED) is 0.873. The molecule has 2 unspecified atom stereocenters. The zero-order chi connectivity index (χ0) is 12.3. The van der Waals surface area contributed by atoms with E-state index in [0.29, 0.717) is 12.0 Å².